The Morgan fingerprint density at radius 1 is 1.07 bits per heavy atom. The molecule has 29 heavy (non-hydrogen) atoms. The van der Waals surface area contributed by atoms with E-state index in [1.54, 1.807) is 6.07 Å². The molecule has 0 spiro atoms. The highest BCUT2D eigenvalue weighted by molar-refractivity contribution is 5.93. The first-order chi connectivity index (χ1) is 14.0. The summed E-state index contributed by atoms with van der Waals surface area (Å²) in [6.45, 7) is 5.95. The van der Waals surface area contributed by atoms with E-state index in [-0.39, 0.29) is 18.0 Å². The highest BCUT2D eigenvalue weighted by atomic mass is 16.2. The maximum Gasteiger partial charge on any atom is 0.275 e. The quantitative estimate of drug-likeness (QED) is 0.720. The minimum atomic E-state index is -0.261. The molecule has 3 aromatic rings. The molecule has 0 aliphatic carbocycles. The lowest BCUT2D eigenvalue weighted by atomic mass is 10.0. The molecule has 1 aliphatic rings. The second-order valence-electron chi connectivity index (χ2n) is 7.85. The molecule has 1 aliphatic heterocycles. The van der Waals surface area contributed by atoms with Crippen LogP contribution in [0.4, 0.5) is 11.5 Å². The Kier molecular flexibility index (Phi) is 5.34. The predicted octanol–water partition coefficient (Wildman–Crippen LogP) is 3.76. The van der Waals surface area contributed by atoms with Crippen molar-refractivity contribution in [3.63, 3.8) is 0 Å². The number of rotatable bonds is 5. The van der Waals surface area contributed by atoms with Crippen LogP contribution in [0.2, 0.25) is 0 Å². The van der Waals surface area contributed by atoms with Crippen molar-refractivity contribution < 1.29 is 4.79 Å². The van der Waals surface area contributed by atoms with Gasteiger partial charge in [0.15, 0.2) is 5.82 Å². The second-order valence-corrected chi connectivity index (χ2v) is 7.85. The molecule has 1 aromatic heterocycles. The van der Waals surface area contributed by atoms with Gasteiger partial charge in [0.1, 0.15) is 6.54 Å². The molecule has 0 bridgehead atoms. The van der Waals surface area contributed by atoms with Crippen LogP contribution in [0.3, 0.4) is 0 Å². The van der Waals surface area contributed by atoms with Gasteiger partial charge in [-0.1, -0.05) is 44.2 Å². The van der Waals surface area contributed by atoms with Gasteiger partial charge in [0.05, 0.1) is 5.39 Å². The van der Waals surface area contributed by atoms with Gasteiger partial charge in [0.2, 0.25) is 5.91 Å². The van der Waals surface area contributed by atoms with Gasteiger partial charge in [-0.05, 0) is 42.5 Å². The number of hydrogen-bond donors (Lipinski definition) is 1. The van der Waals surface area contributed by atoms with E-state index in [2.05, 4.69) is 29.2 Å². The molecule has 0 atom stereocenters. The third kappa shape index (κ3) is 4.01. The number of anilines is 2. The van der Waals surface area contributed by atoms with Crippen LogP contribution in [0.15, 0.2) is 53.3 Å². The number of nitrogens with one attached hydrogen (secondary N) is 1. The number of fused-ring (bicyclic) bond motifs is 1. The number of aromatic nitrogens is 2. The van der Waals surface area contributed by atoms with Gasteiger partial charge in [0, 0.05) is 24.2 Å². The fraction of sp³-hybridized carbons (Fsp3) is 0.348. The molecule has 1 amide bonds. The lowest BCUT2D eigenvalue weighted by Crippen LogP contribution is -2.32. The summed E-state index contributed by atoms with van der Waals surface area (Å²) < 4.78 is 1.29. The maximum absolute atomic E-state index is 12.9. The SMILES string of the molecule is CC(C)c1cccc(NC(=O)Cn2nc(N3CCCC3)c3ccccc3c2=O)c1. The summed E-state index contributed by atoms with van der Waals surface area (Å²) in [5, 5.41) is 8.92. The Balaban J connectivity index is 1.63. The van der Waals surface area contributed by atoms with E-state index >= 15 is 0 Å². The molecule has 6 nitrogen and oxygen atoms in total. The first-order valence-electron chi connectivity index (χ1n) is 10.2. The highest BCUT2D eigenvalue weighted by Gasteiger charge is 2.20. The largest absolute Gasteiger partial charge is 0.355 e. The van der Waals surface area contributed by atoms with Crippen molar-refractivity contribution in [3.05, 3.63) is 64.4 Å². The van der Waals surface area contributed by atoms with Crippen LogP contribution in [-0.4, -0.2) is 28.8 Å². The number of carbonyl (C=O) groups is 1. The van der Waals surface area contributed by atoms with Crippen molar-refractivity contribution in [2.75, 3.05) is 23.3 Å². The Hall–Kier alpha value is -3.15. The number of carbonyl (C=O) groups excluding carboxylic acids is 1. The highest BCUT2D eigenvalue weighted by Crippen LogP contribution is 2.25. The molecule has 4 rings (SSSR count). The van der Waals surface area contributed by atoms with Crippen LogP contribution >= 0.6 is 0 Å². The van der Waals surface area contributed by atoms with Crippen LogP contribution in [-0.2, 0) is 11.3 Å². The lowest BCUT2D eigenvalue weighted by molar-refractivity contribution is -0.117. The van der Waals surface area contributed by atoms with Crippen molar-refractivity contribution in [1.82, 2.24) is 9.78 Å². The maximum atomic E-state index is 12.9. The van der Waals surface area contributed by atoms with Gasteiger partial charge in [-0.3, -0.25) is 9.59 Å². The Morgan fingerprint density at radius 2 is 1.79 bits per heavy atom. The van der Waals surface area contributed by atoms with Crippen LogP contribution in [0.1, 0.15) is 38.2 Å². The standard InChI is InChI=1S/C23H26N4O2/c1-16(2)17-8-7-9-18(14-17)24-21(28)15-27-23(29)20-11-4-3-10-19(20)22(25-27)26-12-5-6-13-26/h3-4,7-11,14,16H,5-6,12-13,15H2,1-2H3,(H,24,28). The van der Waals surface area contributed by atoms with Gasteiger partial charge in [-0.25, -0.2) is 4.68 Å². The summed E-state index contributed by atoms with van der Waals surface area (Å²) in [7, 11) is 0. The molecule has 2 aromatic carbocycles. The zero-order valence-electron chi connectivity index (χ0n) is 16.9. The summed E-state index contributed by atoms with van der Waals surface area (Å²) in [6, 6.07) is 15.3. The Labute approximate surface area is 170 Å². The van der Waals surface area contributed by atoms with E-state index in [9.17, 15) is 9.59 Å². The fourth-order valence-corrected chi connectivity index (χ4v) is 3.80. The van der Waals surface area contributed by atoms with Crippen molar-refractivity contribution >= 4 is 28.2 Å². The number of hydrogen-bond acceptors (Lipinski definition) is 4. The first-order valence-corrected chi connectivity index (χ1v) is 10.2. The molecule has 1 fully saturated rings. The summed E-state index contributed by atoms with van der Waals surface area (Å²) in [4.78, 5) is 27.8. The van der Waals surface area contributed by atoms with Crippen LogP contribution in [0.5, 0.6) is 0 Å². The van der Waals surface area contributed by atoms with E-state index in [4.69, 9.17) is 0 Å². The van der Waals surface area contributed by atoms with E-state index < -0.39 is 0 Å². The molecule has 0 radical (unpaired) electrons. The summed E-state index contributed by atoms with van der Waals surface area (Å²) in [6.07, 6.45) is 2.23. The average molecular weight is 390 g/mol. The monoisotopic (exact) mass is 390 g/mol. The molecule has 0 saturated carbocycles. The molecular weight excluding hydrogens is 364 g/mol. The smallest absolute Gasteiger partial charge is 0.275 e. The van der Waals surface area contributed by atoms with E-state index in [1.165, 1.54) is 4.68 Å². The molecule has 1 saturated heterocycles. The molecule has 1 N–H and O–H groups in total. The molecule has 6 heteroatoms. The summed E-state index contributed by atoms with van der Waals surface area (Å²) in [5.74, 6) is 0.898. The topological polar surface area (TPSA) is 67.2 Å². The molecule has 0 unspecified atom stereocenters. The van der Waals surface area contributed by atoms with E-state index in [0.29, 0.717) is 11.3 Å². The van der Waals surface area contributed by atoms with Gasteiger partial charge in [-0.15, -0.1) is 0 Å². The molecule has 2 heterocycles. The van der Waals surface area contributed by atoms with Crippen molar-refractivity contribution in [3.8, 4) is 0 Å². The van der Waals surface area contributed by atoms with Crippen LogP contribution in [0.25, 0.3) is 10.8 Å². The number of nitrogens with zero attached hydrogens (tertiary/aromatic N) is 3. The third-order valence-corrected chi connectivity index (χ3v) is 5.38. The third-order valence-electron chi connectivity index (χ3n) is 5.38. The first kappa shape index (κ1) is 19.2. The lowest BCUT2D eigenvalue weighted by Gasteiger charge is -2.20. The molecular formula is C23H26N4O2. The van der Waals surface area contributed by atoms with Crippen molar-refractivity contribution in [2.24, 2.45) is 0 Å². The van der Waals surface area contributed by atoms with Crippen LogP contribution < -0.4 is 15.8 Å². The zero-order valence-corrected chi connectivity index (χ0v) is 16.9. The fourth-order valence-electron chi connectivity index (χ4n) is 3.80. The van der Waals surface area contributed by atoms with Gasteiger partial charge in [0.25, 0.3) is 5.56 Å². The number of benzene rings is 2. The van der Waals surface area contributed by atoms with Gasteiger partial charge in [-0.2, -0.15) is 5.10 Å². The summed E-state index contributed by atoms with van der Waals surface area (Å²) >= 11 is 0. The van der Waals surface area contributed by atoms with Gasteiger partial charge < -0.3 is 10.2 Å². The van der Waals surface area contributed by atoms with E-state index in [0.717, 1.165) is 48.4 Å². The normalized spacial score (nSPS) is 14.0. The Morgan fingerprint density at radius 3 is 2.52 bits per heavy atom. The summed E-state index contributed by atoms with van der Waals surface area (Å²) in [5.41, 5.74) is 1.64. The predicted molar refractivity (Wildman–Crippen MR) is 117 cm³/mol. The second kappa shape index (κ2) is 8.07. The minimum absolute atomic E-state index is 0.115. The molecule has 150 valence electrons. The van der Waals surface area contributed by atoms with Crippen LogP contribution in [0, 0.1) is 0 Å². The zero-order chi connectivity index (χ0) is 20.4. The average Bonchev–Trinajstić information content (AvgIpc) is 3.25. The van der Waals surface area contributed by atoms with Gasteiger partial charge >= 0.3 is 0 Å². The number of amides is 1. The van der Waals surface area contributed by atoms with E-state index in [1.807, 2.05) is 42.5 Å². The van der Waals surface area contributed by atoms with Crippen molar-refractivity contribution in [1.29, 1.82) is 0 Å². The Bertz CT molecular complexity index is 1100. The minimum Gasteiger partial charge on any atom is -0.355 e. The van der Waals surface area contributed by atoms with Crippen molar-refractivity contribution in [2.45, 2.75) is 39.2 Å².